The minimum atomic E-state index is -0.898. The van der Waals surface area contributed by atoms with E-state index in [1.54, 1.807) is 0 Å². The van der Waals surface area contributed by atoms with Crippen molar-refractivity contribution in [1.29, 1.82) is 0 Å². The molecule has 0 spiro atoms. The molecule has 0 radical (unpaired) electrons. The summed E-state index contributed by atoms with van der Waals surface area (Å²) in [5.74, 6) is -1.63. The van der Waals surface area contributed by atoms with E-state index in [2.05, 4.69) is 30.1 Å². The zero-order valence-electron chi connectivity index (χ0n) is 18.3. The van der Waals surface area contributed by atoms with Crippen molar-refractivity contribution >= 4 is 75.7 Å². The summed E-state index contributed by atoms with van der Waals surface area (Å²) < 4.78 is 0. The number of rotatable bonds is 2. The van der Waals surface area contributed by atoms with Crippen molar-refractivity contribution in [2.24, 2.45) is 0 Å². The molecule has 2 aliphatic heterocycles. The Hall–Kier alpha value is -2.80. The third-order valence-electron chi connectivity index (χ3n) is 5.89. The van der Waals surface area contributed by atoms with E-state index in [0.29, 0.717) is 15.6 Å². The molecule has 0 saturated carbocycles. The molecule has 2 heterocycles. The zero-order valence-corrected chi connectivity index (χ0v) is 20.6. The summed E-state index contributed by atoms with van der Waals surface area (Å²) in [6, 6.07) is 7.09. The summed E-state index contributed by atoms with van der Waals surface area (Å²) in [5, 5.41) is 2.99. The van der Waals surface area contributed by atoms with E-state index < -0.39 is 17.8 Å². The van der Waals surface area contributed by atoms with Crippen LogP contribution in [0, 0.1) is 0 Å². The fraction of sp³-hybridized carbons (Fsp3) is 0.208. The van der Waals surface area contributed by atoms with Gasteiger partial charge in [-0.3, -0.25) is 14.9 Å². The van der Waals surface area contributed by atoms with Crippen LogP contribution in [0.15, 0.2) is 42.0 Å². The highest BCUT2D eigenvalue weighted by Crippen LogP contribution is 2.41. The number of barbiturate groups is 1. The summed E-state index contributed by atoms with van der Waals surface area (Å²) in [6.07, 6.45) is 3.53. The summed E-state index contributed by atoms with van der Waals surface area (Å²) in [4.78, 5) is 41.2. The van der Waals surface area contributed by atoms with Crippen molar-refractivity contribution in [3.63, 3.8) is 0 Å². The Morgan fingerprint density at radius 2 is 1.67 bits per heavy atom. The summed E-state index contributed by atoms with van der Waals surface area (Å²) in [7, 11) is 1.98. The number of nitrogens with zero attached hydrogens (tertiary/aromatic N) is 2. The van der Waals surface area contributed by atoms with Gasteiger partial charge < -0.3 is 4.90 Å². The van der Waals surface area contributed by atoms with Crippen LogP contribution in [-0.2, 0) is 9.59 Å². The van der Waals surface area contributed by atoms with Crippen molar-refractivity contribution in [2.45, 2.75) is 26.3 Å². The number of carbonyl (C=O) groups is 3. The first-order valence-corrected chi connectivity index (χ1v) is 11.2. The molecule has 1 fully saturated rings. The number of imide groups is 2. The number of fused-ring (bicyclic) bond motifs is 1. The minimum Gasteiger partial charge on any atom is -0.365 e. The number of urea groups is 1. The Balaban J connectivity index is 1.80. The minimum absolute atomic E-state index is 0.0953. The third-order valence-corrected chi connectivity index (χ3v) is 6.75. The Kier molecular flexibility index (Phi) is 5.81. The van der Waals surface area contributed by atoms with Gasteiger partial charge in [0.25, 0.3) is 11.8 Å². The monoisotopic (exact) mass is 503 g/mol. The van der Waals surface area contributed by atoms with Gasteiger partial charge in [0.1, 0.15) is 5.57 Å². The van der Waals surface area contributed by atoms with E-state index >= 15 is 0 Å². The first-order chi connectivity index (χ1) is 15.4. The molecular weight excluding hydrogens is 485 g/mol. The lowest BCUT2D eigenvalue weighted by molar-refractivity contribution is -0.122. The Labute approximate surface area is 206 Å². The van der Waals surface area contributed by atoms with Gasteiger partial charge in [0.15, 0.2) is 0 Å². The molecule has 0 atom stereocenters. The van der Waals surface area contributed by atoms with Crippen LogP contribution in [0.4, 0.5) is 16.2 Å². The molecule has 1 N–H and O–H groups in total. The van der Waals surface area contributed by atoms with Gasteiger partial charge in [-0.05, 0) is 68.3 Å². The van der Waals surface area contributed by atoms with Crippen LogP contribution < -0.4 is 15.1 Å². The molecule has 4 amide bonds. The lowest BCUT2D eigenvalue weighted by Crippen LogP contribution is -2.54. The van der Waals surface area contributed by atoms with Crippen LogP contribution in [0.2, 0.25) is 15.1 Å². The fourth-order valence-corrected chi connectivity index (χ4v) is 4.70. The highest BCUT2D eigenvalue weighted by Gasteiger charge is 2.38. The largest absolute Gasteiger partial charge is 0.365 e. The maximum atomic E-state index is 13.2. The summed E-state index contributed by atoms with van der Waals surface area (Å²) >= 11 is 18.7. The molecule has 2 aromatic rings. The standard InChI is InChI=1S/C24H20Cl3N3O3/c1-12-11-24(2,3)29(4)20-10-17(26)13(7-15(12)20)8-16-21(31)28-23(33)30(22(16)32)19-6-5-14(25)9-18(19)27/h5-11H,1-4H3,(H,28,31,33)/b16-8-. The van der Waals surface area contributed by atoms with Gasteiger partial charge in [-0.25, -0.2) is 9.69 Å². The number of halogens is 3. The second-order valence-electron chi connectivity index (χ2n) is 8.48. The molecule has 170 valence electrons. The van der Waals surface area contributed by atoms with Crippen molar-refractivity contribution in [3.8, 4) is 0 Å². The highest BCUT2D eigenvalue weighted by molar-refractivity contribution is 6.43. The molecule has 9 heteroatoms. The number of anilines is 2. The quantitative estimate of drug-likeness (QED) is 0.406. The molecule has 6 nitrogen and oxygen atoms in total. The number of nitrogens with one attached hydrogen (secondary N) is 1. The molecule has 0 aromatic heterocycles. The number of hydrogen-bond acceptors (Lipinski definition) is 4. The van der Waals surface area contributed by atoms with Gasteiger partial charge >= 0.3 is 6.03 Å². The molecule has 0 bridgehead atoms. The fourth-order valence-electron chi connectivity index (χ4n) is 3.99. The number of amides is 4. The lowest BCUT2D eigenvalue weighted by atomic mass is 9.88. The number of carbonyl (C=O) groups excluding carboxylic acids is 3. The van der Waals surface area contributed by atoms with Crippen molar-refractivity contribution in [3.05, 3.63) is 68.2 Å². The van der Waals surface area contributed by atoms with E-state index in [1.165, 1.54) is 24.3 Å². The van der Waals surface area contributed by atoms with Crippen molar-refractivity contribution in [1.82, 2.24) is 5.32 Å². The molecule has 0 aliphatic carbocycles. The first-order valence-electron chi connectivity index (χ1n) is 10.0. The Bertz CT molecular complexity index is 1300. The van der Waals surface area contributed by atoms with Crippen LogP contribution in [0.5, 0.6) is 0 Å². The molecule has 4 rings (SSSR count). The summed E-state index contributed by atoms with van der Waals surface area (Å²) in [5.41, 5.74) is 3.08. The van der Waals surface area contributed by atoms with Gasteiger partial charge in [-0.15, -0.1) is 0 Å². The highest BCUT2D eigenvalue weighted by atomic mass is 35.5. The molecule has 33 heavy (non-hydrogen) atoms. The van der Waals surface area contributed by atoms with Crippen LogP contribution in [-0.4, -0.2) is 30.4 Å². The average molecular weight is 505 g/mol. The molecule has 2 aromatic carbocycles. The van der Waals surface area contributed by atoms with E-state index in [-0.39, 0.29) is 21.8 Å². The average Bonchev–Trinajstić information content (AvgIpc) is 2.71. The van der Waals surface area contributed by atoms with Crippen molar-refractivity contribution < 1.29 is 14.4 Å². The van der Waals surface area contributed by atoms with Crippen LogP contribution >= 0.6 is 34.8 Å². The molecule has 1 saturated heterocycles. The van der Waals surface area contributed by atoms with Crippen LogP contribution in [0.1, 0.15) is 31.9 Å². The SMILES string of the molecule is CC1=CC(C)(C)N(C)c2cc(Cl)c(/C=C3/C(=O)NC(=O)N(c4ccc(Cl)cc4Cl)C3=O)cc21. The maximum Gasteiger partial charge on any atom is 0.335 e. The molecule has 0 unspecified atom stereocenters. The van der Waals surface area contributed by atoms with Gasteiger partial charge in [0, 0.05) is 28.3 Å². The smallest absolute Gasteiger partial charge is 0.335 e. The van der Waals surface area contributed by atoms with Gasteiger partial charge in [-0.2, -0.15) is 0 Å². The van der Waals surface area contributed by atoms with E-state index in [9.17, 15) is 14.4 Å². The second kappa shape index (κ2) is 8.20. The topological polar surface area (TPSA) is 69.7 Å². The maximum absolute atomic E-state index is 13.2. The van der Waals surface area contributed by atoms with Gasteiger partial charge in [0.05, 0.1) is 16.2 Å². The van der Waals surface area contributed by atoms with Crippen LogP contribution in [0.25, 0.3) is 11.6 Å². The lowest BCUT2D eigenvalue weighted by Gasteiger charge is -2.40. The normalized spacial score (nSPS) is 18.9. The zero-order chi connectivity index (χ0) is 24.2. The first kappa shape index (κ1) is 23.4. The molecule has 2 aliphatic rings. The number of allylic oxidation sites excluding steroid dienone is 1. The van der Waals surface area contributed by atoms with E-state index in [0.717, 1.165) is 21.7 Å². The van der Waals surface area contributed by atoms with Crippen LogP contribution in [0.3, 0.4) is 0 Å². The number of hydrogen-bond donors (Lipinski definition) is 1. The molecular formula is C24H20Cl3N3O3. The predicted molar refractivity (Wildman–Crippen MR) is 133 cm³/mol. The summed E-state index contributed by atoms with van der Waals surface area (Å²) in [6.45, 7) is 6.20. The van der Waals surface area contributed by atoms with Crippen molar-refractivity contribution in [2.75, 3.05) is 16.8 Å². The van der Waals surface area contributed by atoms with Gasteiger partial charge in [0.2, 0.25) is 0 Å². The second-order valence-corrected chi connectivity index (χ2v) is 9.74. The predicted octanol–water partition coefficient (Wildman–Crippen LogP) is 5.94. The van der Waals surface area contributed by atoms with E-state index in [1.807, 2.05) is 26.1 Å². The van der Waals surface area contributed by atoms with Gasteiger partial charge in [-0.1, -0.05) is 40.9 Å². The number of benzene rings is 2. The Morgan fingerprint density at radius 1 is 0.970 bits per heavy atom. The van der Waals surface area contributed by atoms with E-state index in [4.69, 9.17) is 34.8 Å². The third kappa shape index (κ3) is 4.03. The Morgan fingerprint density at radius 3 is 2.33 bits per heavy atom. The number of likely N-dealkylation sites (N-methyl/N-ethyl adjacent to an activating group) is 1.